The molecule has 1 saturated carbocycles. The van der Waals surface area contributed by atoms with E-state index in [0.29, 0.717) is 12.1 Å². The molecule has 0 amide bonds. The van der Waals surface area contributed by atoms with Crippen molar-refractivity contribution in [3.63, 3.8) is 0 Å². The summed E-state index contributed by atoms with van der Waals surface area (Å²) in [6.45, 7) is 1.02. The first-order chi connectivity index (χ1) is 7.25. The fourth-order valence-electron chi connectivity index (χ4n) is 2.41. The summed E-state index contributed by atoms with van der Waals surface area (Å²) in [6.07, 6.45) is 6.84. The topological polar surface area (TPSA) is 45.0 Å². The first-order valence-electron chi connectivity index (χ1n) is 5.84. The Bertz CT molecular complexity index is 273. The van der Waals surface area contributed by atoms with E-state index in [1.54, 1.807) is 0 Å². The third-order valence-corrected chi connectivity index (χ3v) is 3.45. The van der Waals surface area contributed by atoms with Crippen LogP contribution in [0.15, 0.2) is 18.3 Å². The summed E-state index contributed by atoms with van der Waals surface area (Å²) in [5.74, 6) is 0. The van der Waals surface area contributed by atoms with E-state index >= 15 is 0 Å². The summed E-state index contributed by atoms with van der Waals surface area (Å²) in [7, 11) is 2.21. The molecule has 1 aromatic heterocycles. The van der Waals surface area contributed by atoms with Gasteiger partial charge in [-0.3, -0.25) is 4.90 Å². The quantitative estimate of drug-likeness (QED) is 0.792. The maximum atomic E-state index is 5.91. The maximum Gasteiger partial charge on any atom is 0.0384 e. The number of aromatic nitrogens is 1. The highest BCUT2D eigenvalue weighted by Gasteiger charge is 2.21. The lowest BCUT2D eigenvalue weighted by Crippen LogP contribution is -2.38. The zero-order chi connectivity index (χ0) is 10.7. The Morgan fingerprint density at radius 3 is 2.73 bits per heavy atom. The fraction of sp³-hybridized carbons (Fsp3) is 0.667. The highest BCUT2D eigenvalue weighted by atomic mass is 15.1. The van der Waals surface area contributed by atoms with Crippen molar-refractivity contribution >= 4 is 0 Å². The fourth-order valence-corrected chi connectivity index (χ4v) is 2.41. The Morgan fingerprint density at radius 2 is 2.13 bits per heavy atom. The van der Waals surface area contributed by atoms with Crippen molar-refractivity contribution < 1.29 is 0 Å². The maximum absolute atomic E-state index is 5.91. The average molecular weight is 207 g/mol. The van der Waals surface area contributed by atoms with Crippen molar-refractivity contribution in [1.82, 2.24) is 9.88 Å². The number of hydrogen-bond donors (Lipinski definition) is 2. The molecule has 1 fully saturated rings. The Labute approximate surface area is 91.7 Å². The Balaban J connectivity index is 1.83. The lowest BCUT2D eigenvalue weighted by Gasteiger charge is -2.33. The van der Waals surface area contributed by atoms with Crippen molar-refractivity contribution in [2.45, 2.75) is 44.3 Å². The molecule has 1 aliphatic rings. The van der Waals surface area contributed by atoms with Crippen molar-refractivity contribution in [2.24, 2.45) is 5.73 Å². The molecule has 3 N–H and O–H groups in total. The van der Waals surface area contributed by atoms with Crippen LogP contribution in [-0.4, -0.2) is 29.0 Å². The van der Waals surface area contributed by atoms with E-state index in [1.807, 2.05) is 6.20 Å². The van der Waals surface area contributed by atoms with Gasteiger partial charge in [0.2, 0.25) is 0 Å². The lowest BCUT2D eigenvalue weighted by molar-refractivity contribution is 0.175. The second kappa shape index (κ2) is 4.81. The summed E-state index contributed by atoms with van der Waals surface area (Å²) < 4.78 is 0. The van der Waals surface area contributed by atoms with Gasteiger partial charge in [-0.15, -0.1) is 0 Å². The first-order valence-corrected chi connectivity index (χ1v) is 5.84. The van der Waals surface area contributed by atoms with Gasteiger partial charge in [-0.25, -0.2) is 0 Å². The van der Waals surface area contributed by atoms with E-state index in [1.165, 1.54) is 31.4 Å². The van der Waals surface area contributed by atoms with Crippen LogP contribution in [0.4, 0.5) is 0 Å². The number of nitrogens with one attached hydrogen (secondary N) is 1. The van der Waals surface area contributed by atoms with E-state index in [4.69, 9.17) is 5.73 Å². The monoisotopic (exact) mass is 207 g/mol. The number of H-pyrrole nitrogens is 1. The number of nitrogens with two attached hydrogens (primary N) is 1. The molecule has 0 saturated heterocycles. The van der Waals surface area contributed by atoms with E-state index in [0.717, 1.165) is 6.54 Å². The Hall–Kier alpha value is -0.800. The van der Waals surface area contributed by atoms with Gasteiger partial charge in [0.25, 0.3) is 0 Å². The van der Waals surface area contributed by atoms with Gasteiger partial charge in [0, 0.05) is 30.5 Å². The minimum Gasteiger partial charge on any atom is -0.364 e. The van der Waals surface area contributed by atoms with Crippen molar-refractivity contribution in [3.8, 4) is 0 Å². The second-order valence-electron chi connectivity index (χ2n) is 4.68. The molecular weight excluding hydrogens is 186 g/mol. The minimum absolute atomic E-state index is 0.445. The van der Waals surface area contributed by atoms with Crippen LogP contribution in [0.2, 0.25) is 0 Å². The number of hydrogen-bond acceptors (Lipinski definition) is 2. The molecule has 3 nitrogen and oxygen atoms in total. The van der Waals surface area contributed by atoms with E-state index in [9.17, 15) is 0 Å². The van der Waals surface area contributed by atoms with Crippen LogP contribution in [0.25, 0.3) is 0 Å². The molecule has 0 aromatic carbocycles. The number of nitrogens with zero attached hydrogens (tertiary/aromatic N) is 1. The van der Waals surface area contributed by atoms with Crippen LogP contribution >= 0.6 is 0 Å². The molecule has 15 heavy (non-hydrogen) atoms. The first kappa shape index (κ1) is 10.7. The van der Waals surface area contributed by atoms with Crippen LogP contribution in [0, 0.1) is 0 Å². The zero-order valence-corrected chi connectivity index (χ0v) is 9.45. The highest BCUT2D eigenvalue weighted by Crippen LogP contribution is 2.22. The van der Waals surface area contributed by atoms with Gasteiger partial charge in [-0.1, -0.05) is 0 Å². The van der Waals surface area contributed by atoms with E-state index < -0.39 is 0 Å². The predicted octanol–water partition coefficient (Wildman–Crippen LogP) is 1.72. The summed E-state index contributed by atoms with van der Waals surface area (Å²) in [6, 6.07) is 5.36. The number of rotatable bonds is 3. The van der Waals surface area contributed by atoms with Crippen LogP contribution in [0.1, 0.15) is 31.4 Å². The summed E-state index contributed by atoms with van der Waals surface area (Å²) in [4.78, 5) is 5.69. The summed E-state index contributed by atoms with van der Waals surface area (Å²) in [5.41, 5.74) is 7.21. The van der Waals surface area contributed by atoms with Crippen molar-refractivity contribution in [1.29, 1.82) is 0 Å². The van der Waals surface area contributed by atoms with Gasteiger partial charge in [0.15, 0.2) is 0 Å². The van der Waals surface area contributed by atoms with Crippen molar-refractivity contribution in [3.05, 3.63) is 24.0 Å². The van der Waals surface area contributed by atoms with Crippen LogP contribution in [0.5, 0.6) is 0 Å². The largest absolute Gasteiger partial charge is 0.364 e. The molecule has 2 rings (SSSR count). The molecule has 0 bridgehead atoms. The van der Waals surface area contributed by atoms with Crippen LogP contribution in [-0.2, 0) is 6.54 Å². The molecule has 0 aliphatic heterocycles. The summed E-state index contributed by atoms with van der Waals surface area (Å²) >= 11 is 0. The molecule has 84 valence electrons. The van der Waals surface area contributed by atoms with Crippen molar-refractivity contribution in [2.75, 3.05) is 7.05 Å². The zero-order valence-electron chi connectivity index (χ0n) is 9.45. The molecule has 1 aliphatic carbocycles. The van der Waals surface area contributed by atoms with Gasteiger partial charge in [-0.05, 0) is 44.9 Å². The predicted molar refractivity (Wildman–Crippen MR) is 62.5 cm³/mol. The SMILES string of the molecule is CN(Cc1ccc[nH]1)C1CCC(N)CC1. The third kappa shape index (κ3) is 2.83. The van der Waals surface area contributed by atoms with E-state index in [2.05, 4.69) is 29.1 Å². The summed E-state index contributed by atoms with van der Waals surface area (Å²) in [5, 5.41) is 0. The highest BCUT2D eigenvalue weighted by molar-refractivity contribution is 5.03. The molecule has 0 spiro atoms. The number of aromatic amines is 1. The molecule has 1 heterocycles. The smallest absolute Gasteiger partial charge is 0.0384 e. The minimum atomic E-state index is 0.445. The second-order valence-corrected chi connectivity index (χ2v) is 4.68. The van der Waals surface area contributed by atoms with Gasteiger partial charge in [-0.2, -0.15) is 0 Å². The third-order valence-electron chi connectivity index (χ3n) is 3.45. The Morgan fingerprint density at radius 1 is 1.40 bits per heavy atom. The van der Waals surface area contributed by atoms with Crippen LogP contribution < -0.4 is 5.73 Å². The average Bonchev–Trinajstić information content (AvgIpc) is 2.71. The normalized spacial score (nSPS) is 27.1. The van der Waals surface area contributed by atoms with Gasteiger partial charge in [0.1, 0.15) is 0 Å². The van der Waals surface area contributed by atoms with Gasteiger partial charge < -0.3 is 10.7 Å². The van der Waals surface area contributed by atoms with Crippen LogP contribution in [0.3, 0.4) is 0 Å². The van der Waals surface area contributed by atoms with Gasteiger partial charge in [0.05, 0.1) is 0 Å². The molecular formula is C12H21N3. The lowest BCUT2D eigenvalue weighted by atomic mass is 9.91. The molecule has 0 unspecified atom stereocenters. The van der Waals surface area contributed by atoms with Gasteiger partial charge >= 0.3 is 0 Å². The van der Waals surface area contributed by atoms with E-state index in [-0.39, 0.29) is 0 Å². The molecule has 3 heteroatoms. The molecule has 1 aromatic rings. The molecule has 0 atom stereocenters. The Kier molecular flexibility index (Phi) is 3.44. The molecule has 0 radical (unpaired) electrons. The standard InChI is InChI=1S/C12H21N3/c1-15(9-11-3-2-8-14-11)12-6-4-10(13)5-7-12/h2-3,8,10,12,14H,4-7,9,13H2,1H3.